The summed E-state index contributed by atoms with van der Waals surface area (Å²) < 4.78 is 33.0. The number of halogens is 2. The summed E-state index contributed by atoms with van der Waals surface area (Å²) in [5, 5.41) is 0. The molecule has 0 unspecified atom stereocenters. The number of carbonyl (C=O) groups is 3. The third-order valence-electron chi connectivity index (χ3n) is 5.90. The highest BCUT2D eigenvalue weighted by Gasteiger charge is 2.38. The van der Waals surface area contributed by atoms with Crippen molar-refractivity contribution in [2.45, 2.75) is 77.2 Å². The van der Waals surface area contributed by atoms with Gasteiger partial charge in [0.05, 0.1) is 0 Å². The van der Waals surface area contributed by atoms with E-state index in [0.717, 1.165) is 5.56 Å². The molecule has 0 radical (unpaired) electrons. The first-order valence-corrected chi connectivity index (χ1v) is 11.8. The van der Waals surface area contributed by atoms with E-state index in [0.29, 0.717) is 38.5 Å². The molecule has 0 saturated heterocycles. The van der Waals surface area contributed by atoms with Crippen LogP contribution in [0.4, 0.5) is 8.78 Å². The Labute approximate surface area is 195 Å². The number of alkyl halides is 2. The molecule has 0 amide bonds. The second-order valence-corrected chi connectivity index (χ2v) is 8.55. The van der Waals surface area contributed by atoms with Crippen LogP contribution in [0.3, 0.4) is 0 Å². The number of esters is 1. The molecule has 0 aromatic heterocycles. The average Bonchev–Trinajstić information content (AvgIpc) is 3.16. The SMILES string of the molecule is CCCCC(F)(F)C(=O)CC[C@H]1C=CC(=O)[C@@H]1C/C=C\CCCC(=O)OCc1ccccc1. The highest BCUT2D eigenvalue weighted by molar-refractivity contribution is 5.94. The van der Waals surface area contributed by atoms with Gasteiger partial charge in [0, 0.05) is 25.2 Å². The number of rotatable bonds is 15. The van der Waals surface area contributed by atoms with Gasteiger partial charge in [-0.15, -0.1) is 0 Å². The van der Waals surface area contributed by atoms with Gasteiger partial charge < -0.3 is 4.74 Å². The van der Waals surface area contributed by atoms with Crippen molar-refractivity contribution in [1.82, 2.24) is 0 Å². The second-order valence-electron chi connectivity index (χ2n) is 8.55. The van der Waals surface area contributed by atoms with Crippen molar-refractivity contribution in [2.75, 3.05) is 0 Å². The van der Waals surface area contributed by atoms with Gasteiger partial charge in [0.1, 0.15) is 6.61 Å². The monoisotopic (exact) mass is 460 g/mol. The molecular weight excluding hydrogens is 426 g/mol. The lowest BCUT2D eigenvalue weighted by Crippen LogP contribution is -2.29. The summed E-state index contributed by atoms with van der Waals surface area (Å²) in [6.07, 6.45) is 9.76. The molecule has 180 valence electrons. The van der Waals surface area contributed by atoms with E-state index in [2.05, 4.69) is 0 Å². The van der Waals surface area contributed by atoms with Crippen LogP contribution in [0.25, 0.3) is 0 Å². The van der Waals surface area contributed by atoms with Crippen LogP contribution in [0.5, 0.6) is 0 Å². The molecule has 33 heavy (non-hydrogen) atoms. The molecule has 6 heteroatoms. The van der Waals surface area contributed by atoms with Gasteiger partial charge in [-0.05, 0) is 49.7 Å². The number of hydrogen-bond donors (Lipinski definition) is 0. The topological polar surface area (TPSA) is 60.4 Å². The smallest absolute Gasteiger partial charge is 0.306 e. The lowest BCUT2D eigenvalue weighted by Gasteiger charge is -2.19. The number of carbonyl (C=O) groups excluding carboxylic acids is 3. The van der Waals surface area contributed by atoms with Gasteiger partial charge >= 0.3 is 11.9 Å². The summed E-state index contributed by atoms with van der Waals surface area (Å²) in [4.78, 5) is 35.9. The third kappa shape index (κ3) is 9.40. The van der Waals surface area contributed by atoms with Crippen LogP contribution in [0.15, 0.2) is 54.6 Å². The Morgan fingerprint density at radius 1 is 1.09 bits per heavy atom. The van der Waals surface area contributed by atoms with E-state index < -0.39 is 18.1 Å². The minimum atomic E-state index is -3.28. The van der Waals surface area contributed by atoms with Gasteiger partial charge in [-0.25, -0.2) is 0 Å². The maximum absolute atomic E-state index is 13.9. The van der Waals surface area contributed by atoms with E-state index in [4.69, 9.17) is 4.74 Å². The van der Waals surface area contributed by atoms with Gasteiger partial charge in [-0.1, -0.05) is 61.9 Å². The van der Waals surface area contributed by atoms with Crippen molar-refractivity contribution in [3.05, 3.63) is 60.2 Å². The molecule has 0 heterocycles. The van der Waals surface area contributed by atoms with Gasteiger partial charge in [0.25, 0.3) is 0 Å². The maximum atomic E-state index is 13.9. The molecule has 0 N–H and O–H groups in total. The predicted molar refractivity (Wildman–Crippen MR) is 124 cm³/mol. The van der Waals surface area contributed by atoms with Crippen LogP contribution in [0.2, 0.25) is 0 Å². The Hall–Kier alpha value is -2.63. The zero-order chi connectivity index (χ0) is 24.1. The summed E-state index contributed by atoms with van der Waals surface area (Å²) in [5.74, 6) is -5.09. The lowest BCUT2D eigenvalue weighted by molar-refractivity contribution is -0.145. The average molecular weight is 461 g/mol. The van der Waals surface area contributed by atoms with Crippen molar-refractivity contribution in [3.63, 3.8) is 0 Å². The first-order chi connectivity index (χ1) is 15.8. The molecule has 4 nitrogen and oxygen atoms in total. The van der Waals surface area contributed by atoms with Gasteiger partial charge in [-0.2, -0.15) is 8.78 Å². The van der Waals surface area contributed by atoms with Crippen molar-refractivity contribution in [2.24, 2.45) is 11.8 Å². The molecule has 1 aromatic rings. The normalized spacial score (nSPS) is 18.2. The van der Waals surface area contributed by atoms with Crippen molar-refractivity contribution in [3.8, 4) is 0 Å². The largest absolute Gasteiger partial charge is 0.461 e. The molecule has 0 fully saturated rings. The van der Waals surface area contributed by atoms with Crippen LogP contribution in [-0.2, 0) is 25.7 Å². The molecule has 1 aliphatic carbocycles. The van der Waals surface area contributed by atoms with Crippen LogP contribution in [0.1, 0.15) is 70.3 Å². The predicted octanol–water partition coefficient (Wildman–Crippen LogP) is 6.39. The molecule has 2 atom stereocenters. The molecule has 0 bridgehead atoms. The molecule has 0 aliphatic heterocycles. The maximum Gasteiger partial charge on any atom is 0.306 e. The Morgan fingerprint density at radius 2 is 1.85 bits per heavy atom. The van der Waals surface area contributed by atoms with Crippen molar-refractivity contribution < 1.29 is 27.9 Å². The van der Waals surface area contributed by atoms with E-state index in [1.165, 1.54) is 6.08 Å². The first kappa shape index (κ1) is 26.6. The van der Waals surface area contributed by atoms with Gasteiger partial charge in [0.2, 0.25) is 5.78 Å². The molecule has 1 aromatic carbocycles. The first-order valence-electron chi connectivity index (χ1n) is 11.8. The molecule has 1 aliphatic rings. The number of Topliss-reactive ketones (excluding diaryl/α,β-unsaturated/α-hetero) is 1. The van der Waals surface area contributed by atoms with Crippen LogP contribution in [0, 0.1) is 11.8 Å². The van der Waals surface area contributed by atoms with E-state index >= 15 is 0 Å². The third-order valence-corrected chi connectivity index (χ3v) is 5.90. The molecule has 0 saturated carbocycles. The Bertz CT molecular complexity index is 830. The fourth-order valence-electron chi connectivity index (χ4n) is 3.83. The summed E-state index contributed by atoms with van der Waals surface area (Å²) in [5.41, 5.74) is 0.946. The highest BCUT2D eigenvalue weighted by Crippen LogP contribution is 2.32. The minimum absolute atomic E-state index is 0.0284. The molecule has 0 spiro atoms. The number of unbranched alkanes of at least 4 members (excludes halogenated alkanes) is 2. The van der Waals surface area contributed by atoms with Crippen LogP contribution < -0.4 is 0 Å². The number of benzene rings is 1. The Kier molecular flexibility index (Phi) is 11.1. The standard InChI is InChI=1S/C27H34F2O4/c1-2-3-19-27(28,29)25(31)18-16-22-15-17-24(30)23(22)13-9-4-5-10-14-26(32)33-20-21-11-7-6-8-12-21/h4,6-9,11-12,15,17,22-23H,2-3,5,10,13-14,16,18-20H2,1H3/b9-4-/t22-,23-/m1/s1. The number of ketones is 2. The number of allylic oxidation sites excluding steroid dienone is 4. The van der Waals surface area contributed by atoms with E-state index in [1.54, 1.807) is 6.08 Å². The highest BCUT2D eigenvalue weighted by atomic mass is 19.3. The van der Waals surface area contributed by atoms with Crippen molar-refractivity contribution in [1.29, 1.82) is 0 Å². The summed E-state index contributed by atoms with van der Waals surface area (Å²) in [7, 11) is 0. The summed E-state index contributed by atoms with van der Waals surface area (Å²) in [6, 6.07) is 9.49. The number of hydrogen-bond acceptors (Lipinski definition) is 4. The minimum Gasteiger partial charge on any atom is -0.461 e. The van der Waals surface area contributed by atoms with Gasteiger partial charge in [-0.3, -0.25) is 14.4 Å². The van der Waals surface area contributed by atoms with E-state index in [9.17, 15) is 23.2 Å². The van der Waals surface area contributed by atoms with Crippen molar-refractivity contribution >= 4 is 17.5 Å². The lowest BCUT2D eigenvalue weighted by atomic mass is 9.86. The fourth-order valence-corrected chi connectivity index (χ4v) is 3.83. The summed E-state index contributed by atoms with van der Waals surface area (Å²) in [6.45, 7) is 2.08. The zero-order valence-corrected chi connectivity index (χ0v) is 19.3. The van der Waals surface area contributed by atoms with E-state index in [1.807, 2.05) is 49.4 Å². The molecule has 2 rings (SSSR count). The Balaban J connectivity index is 1.66. The number of ether oxygens (including phenoxy) is 1. The zero-order valence-electron chi connectivity index (χ0n) is 19.3. The van der Waals surface area contributed by atoms with Crippen LogP contribution in [-0.4, -0.2) is 23.5 Å². The Morgan fingerprint density at radius 3 is 2.58 bits per heavy atom. The molecular formula is C27H34F2O4. The van der Waals surface area contributed by atoms with Gasteiger partial charge in [0.15, 0.2) is 5.78 Å². The quantitative estimate of drug-likeness (QED) is 0.173. The van der Waals surface area contributed by atoms with E-state index in [-0.39, 0.29) is 43.0 Å². The second kappa shape index (κ2) is 13.8. The fraction of sp³-hybridized carbons (Fsp3) is 0.519. The summed E-state index contributed by atoms with van der Waals surface area (Å²) >= 11 is 0. The van der Waals surface area contributed by atoms with Crippen LogP contribution >= 0.6 is 0 Å².